The number of hydrogen-bond donors (Lipinski definition) is 0. The Hall–Kier alpha value is -2.84. The molecule has 8 heteroatoms. The molecule has 0 aliphatic carbocycles. The lowest BCUT2D eigenvalue weighted by Gasteiger charge is -2.44. The van der Waals surface area contributed by atoms with Crippen molar-refractivity contribution in [3.05, 3.63) is 35.4 Å². The monoisotopic (exact) mass is 471 g/mol. The van der Waals surface area contributed by atoms with Gasteiger partial charge in [0.05, 0.1) is 34.0 Å². The summed E-state index contributed by atoms with van der Waals surface area (Å²) >= 11 is 0. The fourth-order valence-electron chi connectivity index (χ4n) is 5.12. The molecule has 34 heavy (non-hydrogen) atoms. The fraction of sp³-hybridized carbons (Fsp3) is 0.538. The van der Waals surface area contributed by atoms with Gasteiger partial charge in [-0.3, -0.25) is 4.90 Å². The van der Waals surface area contributed by atoms with Crippen molar-refractivity contribution in [3.8, 4) is 34.5 Å². The first-order chi connectivity index (χ1) is 16.6. The zero-order valence-corrected chi connectivity index (χ0v) is 20.3. The molecule has 3 aliphatic rings. The molecule has 1 saturated heterocycles. The smallest absolute Gasteiger partial charge is 0.231 e. The Morgan fingerprint density at radius 1 is 0.941 bits per heavy atom. The molecule has 5 rings (SSSR count). The maximum Gasteiger partial charge on any atom is 0.231 e. The van der Waals surface area contributed by atoms with Crippen LogP contribution in [0.5, 0.6) is 34.5 Å². The molecule has 184 valence electrons. The summed E-state index contributed by atoms with van der Waals surface area (Å²) in [5.74, 6) is 4.38. The van der Waals surface area contributed by atoms with Crippen LogP contribution in [0.4, 0.5) is 0 Å². The number of nitrogens with zero attached hydrogens (tertiary/aromatic N) is 1. The van der Waals surface area contributed by atoms with E-state index in [1.165, 1.54) is 0 Å². The summed E-state index contributed by atoms with van der Waals surface area (Å²) in [6.45, 7) is 8.19. The first kappa shape index (κ1) is 22.9. The van der Waals surface area contributed by atoms with E-state index in [0.29, 0.717) is 42.8 Å². The number of methoxy groups -OCH3 is 2. The van der Waals surface area contributed by atoms with Gasteiger partial charge in [0.1, 0.15) is 5.75 Å². The maximum absolute atomic E-state index is 6.60. The van der Waals surface area contributed by atoms with Gasteiger partial charge in [0.2, 0.25) is 12.5 Å². The van der Waals surface area contributed by atoms with Crippen LogP contribution >= 0.6 is 0 Å². The third-order valence-corrected chi connectivity index (χ3v) is 6.76. The summed E-state index contributed by atoms with van der Waals surface area (Å²) in [6, 6.07) is 8.13. The van der Waals surface area contributed by atoms with E-state index in [1.807, 2.05) is 6.07 Å². The Labute approximate surface area is 200 Å². The third-order valence-electron chi connectivity index (χ3n) is 6.76. The molecule has 0 bridgehead atoms. The van der Waals surface area contributed by atoms with E-state index in [2.05, 4.69) is 36.9 Å². The first-order valence-electron chi connectivity index (χ1n) is 11.9. The van der Waals surface area contributed by atoms with Crippen LogP contribution in [0.15, 0.2) is 24.3 Å². The molecule has 3 aliphatic heterocycles. The molecular weight excluding hydrogens is 438 g/mol. The lowest BCUT2D eigenvalue weighted by atomic mass is 9.77. The van der Waals surface area contributed by atoms with Gasteiger partial charge in [-0.05, 0) is 30.2 Å². The van der Waals surface area contributed by atoms with Crippen molar-refractivity contribution in [2.75, 3.05) is 53.9 Å². The van der Waals surface area contributed by atoms with Crippen LogP contribution in [-0.2, 0) is 4.74 Å². The van der Waals surface area contributed by atoms with E-state index in [1.54, 1.807) is 14.2 Å². The maximum atomic E-state index is 6.60. The molecule has 0 saturated carbocycles. The number of rotatable bonds is 7. The van der Waals surface area contributed by atoms with E-state index >= 15 is 0 Å². The molecule has 0 spiro atoms. The Balaban J connectivity index is 1.61. The molecule has 3 heterocycles. The van der Waals surface area contributed by atoms with E-state index < -0.39 is 0 Å². The van der Waals surface area contributed by atoms with Gasteiger partial charge in [0.15, 0.2) is 29.2 Å². The summed E-state index contributed by atoms with van der Waals surface area (Å²) in [6.07, 6.45) is 0.794. The molecule has 0 aromatic heterocycles. The summed E-state index contributed by atoms with van der Waals surface area (Å²) in [5, 5.41) is 0. The predicted octanol–water partition coefficient (Wildman–Crippen LogP) is 4.04. The molecule has 8 nitrogen and oxygen atoms in total. The van der Waals surface area contributed by atoms with Gasteiger partial charge in [0.25, 0.3) is 0 Å². The Morgan fingerprint density at radius 2 is 1.62 bits per heavy atom. The molecular formula is C26H33NO7. The van der Waals surface area contributed by atoms with Gasteiger partial charge in [-0.2, -0.15) is 0 Å². The standard InChI is InChI=1S/C26H33NO7/c1-5-8-31-25-22(28-3)11-17(12-23(25)29-4)24-16(2)26(27-6-9-30-10-7-27)34-19-14-21-20(13-18(19)24)32-15-33-21/h11-14,16,24,26H,5-10,15H2,1-4H3. The summed E-state index contributed by atoms with van der Waals surface area (Å²) in [4.78, 5) is 2.36. The highest BCUT2D eigenvalue weighted by Crippen LogP contribution is 2.52. The van der Waals surface area contributed by atoms with Gasteiger partial charge in [-0.1, -0.05) is 13.8 Å². The molecule has 0 amide bonds. The first-order valence-corrected chi connectivity index (χ1v) is 11.9. The topological polar surface area (TPSA) is 67.9 Å². The molecule has 1 fully saturated rings. The van der Waals surface area contributed by atoms with E-state index in [0.717, 1.165) is 42.1 Å². The van der Waals surface area contributed by atoms with Crippen LogP contribution in [0.3, 0.4) is 0 Å². The molecule has 0 N–H and O–H groups in total. The summed E-state index contributed by atoms with van der Waals surface area (Å²) < 4.78 is 41.0. The van der Waals surface area contributed by atoms with E-state index in [-0.39, 0.29) is 24.9 Å². The average Bonchev–Trinajstić information content (AvgIpc) is 3.33. The van der Waals surface area contributed by atoms with Crippen molar-refractivity contribution >= 4 is 0 Å². The third kappa shape index (κ3) is 4.09. The lowest BCUT2D eigenvalue weighted by Crippen LogP contribution is -2.52. The van der Waals surface area contributed by atoms with Crippen LogP contribution in [0.2, 0.25) is 0 Å². The highest BCUT2D eigenvalue weighted by molar-refractivity contribution is 5.60. The normalized spacial score (nSPS) is 23.7. The zero-order chi connectivity index (χ0) is 23.7. The number of ether oxygens (including phenoxy) is 7. The minimum absolute atomic E-state index is 0.0223. The van der Waals surface area contributed by atoms with Crippen LogP contribution < -0.4 is 28.4 Å². The minimum atomic E-state index is -0.102. The SMILES string of the molecule is CCCOc1c(OC)cc(C2c3cc4c(cc3OC(N3CCOCC3)C2C)OCO4)cc1OC. The highest BCUT2D eigenvalue weighted by Gasteiger charge is 2.41. The number of morpholine rings is 1. The highest BCUT2D eigenvalue weighted by atomic mass is 16.7. The molecule has 2 aromatic carbocycles. The molecule has 0 radical (unpaired) electrons. The predicted molar refractivity (Wildman–Crippen MR) is 126 cm³/mol. The van der Waals surface area contributed by atoms with Crippen LogP contribution in [0.25, 0.3) is 0 Å². The minimum Gasteiger partial charge on any atom is -0.493 e. The van der Waals surface area contributed by atoms with Crippen molar-refractivity contribution in [2.24, 2.45) is 5.92 Å². The van der Waals surface area contributed by atoms with Crippen LogP contribution in [0.1, 0.15) is 37.3 Å². The number of hydrogen-bond acceptors (Lipinski definition) is 8. The van der Waals surface area contributed by atoms with Crippen molar-refractivity contribution in [2.45, 2.75) is 32.4 Å². The van der Waals surface area contributed by atoms with E-state index in [9.17, 15) is 0 Å². The van der Waals surface area contributed by atoms with Gasteiger partial charge in [-0.25, -0.2) is 0 Å². The van der Waals surface area contributed by atoms with E-state index in [4.69, 9.17) is 33.2 Å². The largest absolute Gasteiger partial charge is 0.493 e. The van der Waals surface area contributed by atoms with Gasteiger partial charge < -0.3 is 33.2 Å². The molecule has 3 unspecified atom stereocenters. The van der Waals surface area contributed by atoms with Crippen molar-refractivity contribution in [1.29, 1.82) is 0 Å². The summed E-state index contributed by atoms with van der Waals surface area (Å²) in [7, 11) is 3.32. The number of fused-ring (bicyclic) bond motifs is 2. The van der Waals surface area contributed by atoms with Crippen LogP contribution in [-0.4, -0.2) is 65.1 Å². The van der Waals surface area contributed by atoms with Crippen LogP contribution in [0, 0.1) is 5.92 Å². The van der Waals surface area contributed by atoms with Gasteiger partial charge in [-0.15, -0.1) is 0 Å². The molecule has 3 atom stereocenters. The average molecular weight is 472 g/mol. The fourth-order valence-corrected chi connectivity index (χ4v) is 5.12. The van der Waals surface area contributed by atoms with Crippen molar-refractivity contribution < 1.29 is 33.2 Å². The van der Waals surface area contributed by atoms with Gasteiger partial charge >= 0.3 is 0 Å². The summed E-state index contributed by atoms with van der Waals surface area (Å²) in [5.41, 5.74) is 2.14. The zero-order valence-electron chi connectivity index (χ0n) is 20.3. The Kier molecular flexibility index (Phi) is 6.61. The number of benzene rings is 2. The second-order valence-electron chi connectivity index (χ2n) is 8.84. The second kappa shape index (κ2) is 9.80. The quantitative estimate of drug-likeness (QED) is 0.600. The van der Waals surface area contributed by atoms with Crippen molar-refractivity contribution in [1.82, 2.24) is 4.90 Å². The molecule has 2 aromatic rings. The lowest BCUT2D eigenvalue weighted by molar-refractivity contribution is -0.0784. The Morgan fingerprint density at radius 3 is 2.26 bits per heavy atom. The van der Waals surface area contributed by atoms with Crippen molar-refractivity contribution in [3.63, 3.8) is 0 Å². The second-order valence-corrected chi connectivity index (χ2v) is 8.84. The Bertz CT molecular complexity index is 995. The van der Waals surface area contributed by atoms with Gasteiger partial charge in [0, 0.05) is 36.6 Å².